The Labute approximate surface area is 151 Å². The highest BCUT2D eigenvalue weighted by Gasteiger charge is 2.23. The zero-order valence-electron chi connectivity index (χ0n) is 15.1. The van der Waals surface area contributed by atoms with Crippen LogP contribution < -0.4 is 4.90 Å². The maximum atomic E-state index is 13.0. The first kappa shape index (κ1) is 17.6. The van der Waals surface area contributed by atoms with E-state index in [2.05, 4.69) is 28.0 Å². The molecule has 1 aromatic carbocycles. The van der Waals surface area contributed by atoms with Gasteiger partial charge in [-0.3, -0.25) is 14.4 Å². The van der Waals surface area contributed by atoms with E-state index in [0.29, 0.717) is 12.2 Å². The normalized spacial score (nSPS) is 11.4. The number of hydrogen-bond acceptors (Lipinski definition) is 5. The predicted octanol–water partition coefficient (Wildman–Crippen LogP) is 3.03. The van der Waals surface area contributed by atoms with Gasteiger partial charge in [0.25, 0.3) is 5.91 Å². The first-order chi connectivity index (χ1) is 12.0. The Morgan fingerprint density at radius 3 is 2.72 bits per heavy atom. The first-order valence-electron chi connectivity index (χ1n) is 8.35. The number of thiazole rings is 1. The summed E-state index contributed by atoms with van der Waals surface area (Å²) >= 11 is 1.55. The van der Waals surface area contributed by atoms with Gasteiger partial charge in [-0.05, 0) is 51.7 Å². The molecule has 0 saturated carbocycles. The van der Waals surface area contributed by atoms with Gasteiger partial charge in [0.1, 0.15) is 0 Å². The van der Waals surface area contributed by atoms with Crippen molar-refractivity contribution < 1.29 is 4.79 Å². The zero-order chi connectivity index (χ0) is 18.0. The maximum absolute atomic E-state index is 13.0. The number of likely N-dealkylation sites (N-methyl/N-ethyl adjacent to an activating group) is 1. The van der Waals surface area contributed by atoms with Crippen molar-refractivity contribution in [1.82, 2.24) is 19.7 Å². The number of nitrogens with zero attached hydrogens (tertiary/aromatic N) is 5. The van der Waals surface area contributed by atoms with E-state index in [1.54, 1.807) is 27.0 Å². The second-order valence-corrected chi connectivity index (χ2v) is 7.29. The van der Waals surface area contributed by atoms with Gasteiger partial charge in [-0.1, -0.05) is 17.4 Å². The predicted molar refractivity (Wildman–Crippen MR) is 102 cm³/mol. The highest BCUT2D eigenvalue weighted by atomic mass is 32.1. The maximum Gasteiger partial charge on any atom is 0.280 e. The number of amides is 1. The fraction of sp³-hybridized carbons (Fsp3) is 0.389. The molecule has 7 heteroatoms. The van der Waals surface area contributed by atoms with E-state index in [0.717, 1.165) is 28.4 Å². The number of anilines is 1. The summed E-state index contributed by atoms with van der Waals surface area (Å²) in [4.78, 5) is 21.5. The van der Waals surface area contributed by atoms with Gasteiger partial charge < -0.3 is 4.90 Å². The van der Waals surface area contributed by atoms with Crippen LogP contribution >= 0.6 is 11.3 Å². The monoisotopic (exact) mass is 357 g/mol. The molecule has 0 N–H and O–H groups in total. The number of carbonyl (C=O) groups is 1. The van der Waals surface area contributed by atoms with Crippen LogP contribution in [0, 0.1) is 6.92 Å². The molecular weight excluding hydrogens is 334 g/mol. The zero-order valence-corrected chi connectivity index (χ0v) is 15.9. The van der Waals surface area contributed by atoms with E-state index in [9.17, 15) is 4.79 Å². The summed E-state index contributed by atoms with van der Waals surface area (Å²) < 4.78 is 2.86. The Balaban J connectivity index is 1.95. The largest absolute Gasteiger partial charge is 0.308 e. The Bertz CT molecular complexity index is 883. The number of aromatic nitrogens is 3. The lowest BCUT2D eigenvalue weighted by Crippen LogP contribution is -2.37. The molecule has 0 fully saturated rings. The molecule has 0 aliphatic rings. The molecule has 25 heavy (non-hydrogen) atoms. The number of carbonyl (C=O) groups excluding carboxylic acids is 1. The molecule has 132 valence electrons. The smallest absolute Gasteiger partial charge is 0.280 e. The topological polar surface area (TPSA) is 54.3 Å². The second-order valence-electron chi connectivity index (χ2n) is 6.28. The molecule has 0 spiro atoms. The van der Waals surface area contributed by atoms with E-state index in [4.69, 9.17) is 0 Å². The van der Waals surface area contributed by atoms with Gasteiger partial charge in [-0.15, -0.1) is 0 Å². The standard InChI is InChI=1S/C18H23N5OS/c1-5-22-9-8-15(20-22)17(24)23(11-10-21(3)4)18-19-14-7-6-13(2)12-16(14)25-18/h6-9,12H,5,10-11H2,1-4H3. The van der Waals surface area contributed by atoms with Crippen molar-refractivity contribution in [2.75, 3.05) is 32.1 Å². The lowest BCUT2D eigenvalue weighted by molar-refractivity contribution is 0.0979. The highest BCUT2D eigenvalue weighted by Crippen LogP contribution is 2.30. The molecule has 0 unspecified atom stereocenters. The van der Waals surface area contributed by atoms with Crippen molar-refractivity contribution in [2.24, 2.45) is 0 Å². The summed E-state index contributed by atoms with van der Waals surface area (Å²) in [7, 11) is 3.99. The summed E-state index contributed by atoms with van der Waals surface area (Å²) in [6, 6.07) is 7.93. The third-order valence-corrected chi connectivity index (χ3v) is 5.00. The average molecular weight is 357 g/mol. The molecular formula is C18H23N5OS. The average Bonchev–Trinajstić information content (AvgIpc) is 3.20. The van der Waals surface area contributed by atoms with Crippen LogP contribution in [0.15, 0.2) is 30.5 Å². The molecule has 0 bridgehead atoms. The van der Waals surface area contributed by atoms with Crippen LogP contribution in [0.25, 0.3) is 10.2 Å². The molecule has 3 aromatic rings. The lowest BCUT2D eigenvalue weighted by Gasteiger charge is -2.21. The Hall–Kier alpha value is -2.25. The van der Waals surface area contributed by atoms with Crippen LogP contribution in [0.1, 0.15) is 23.0 Å². The lowest BCUT2D eigenvalue weighted by atomic mass is 10.2. The van der Waals surface area contributed by atoms with Crippen LogP contribution in [0.5, 0.6) is 0 Å². The quantitative estimate of drug-likeness (QED) is 0.680. The molecule has 1 amide bonds. The van der Waals surface area contributed by atoms with Gasteiger partial charge in [0.2, 0.25) is 0 Å². The summed E-state index contributed by atoms with van der Waals surface area (Å²) in [5.41, 5.74) is 2.57. The van der Waals surface area contributed by atoms with Crippen LogP contribution in [0.4, 0.5) is 5.13 Å². The number of aryl methyl sites for hydroxylation is 2. The van der Waals surface area contributed by atoms with Crippen LogP contribution in [0.2, 0.25) is 0 Å². The third-order valence-electron chi connectivity index (χ3n) is 3.96. The summed E-state index contributed by atoms with van der Waals surface area (Å²) in [5.74, 6) is -0.107. The molecule has 0 radical (unpaired) electrons. The van der Waals surface area contributed by atoms with E-state index in [-0.39, 0.29) is 5.91 Å². The fourth-order valence-corrected chi connectivity index (χ4v) is 3.60. The fourth-order valence-electron chi connectivity index (χ4n) is 2.51. The number of hydrogen-bond donors (Lipinski definition) is 0. The Morgan fingerprint density at radius 1 is 1.24 bits per heavy atom. The first-order valence-corrected chi connectivity index (χ1v) is 9.17. The van der Waals surface area contributed by atoms with Crippen LogP contribution in [-0.4, -0.2) is 52.8 Å². The van der Waals surface area contributed by atoms with Crippen LogP contribution in [0.3, 0.4) is 0 Å². The molecule has 0 aliphatic carbocycles. The van der Waals surface area contributed by atoms with Crippen molar-refractivity contribution in [1.29, 1.82) is 0 Å². The molecule has 2 aromatic heterocycles. The Kier molecular flexibility index (Phi) is 5.15. The van der Waals surface area contributed by atoms with Crippen molar-refractivity contribution in [3.05, 3.63) is 41.7 Å². The third kappa shape index (κ3) is 3.88. The van der Waals surface area contributed by atoms with Gasteiger partial charge in [0.15, 0.2) is 10.8 Å². The van der Waals surface area contributed by atoms with Gasteiger partial charge >= 0.3 is 0 Å². The molecule has 3 rings (SSSR count). The summed E-state index contributed by atoms with van der Waals surface area (Å²) in [6.07, 6.45) is 1.83. The molecule has 0 atom stereocenters. The molecule has 0 saturated heterocycles. The van der Waals surface area contributed by atoms with E-state index in [1.165, 1.54) is 5.56 Å². The van der Waals surface area contributed by atoms with Crippen molar-refractivity contribution in [2.45, 2.75) is 20.4 Å². The van der Waals surface area contributed by atoms with Crippen LogP contribution in [-0.2, 0) is 6.54 Å². The highest BCUT2D eigenvalue weighted by molar-refractivity contribution is 7.22. The summed E-state index contributed by atoms with van der Waals surface area (Å²) in [5, 5.41) is 5.08. The minimum Gasteiger partial charge on any atom is -0.308 e. The Morgan fingerprint density at radius 2 is 2.04 bits per heavy atom. The summed E-state index contributed by atoms with van der Waals surface area (Å²) in [6.45, 7) is 6.14. The molecule has 0 aliphatic heterocycles. The van der Waals surface area contributed by atoms with Gasteiger partial charge in [0, 0.05) is 25.8 Å². The number of benzene rings is 1. The van der Waals surface area contributed by atoms with E-state index >= 15 is 0 Å². The van der Waals surface area contributed by atoms with E-state index in [1.807, 2.05) is 39.3 Å². The van der Waals surface area contributed by atoms with Gasteiger partial charge in [-0.2, -0.15) is 5.10 Å². The van der Waals surface area contributed by atoms with E-state index < -0.39 is 0 Å². The number of fused-ring (bicyclic) bond motifs is 1. The molecule has 2 heterocycles. The SMILES string of the molecule is CCn1ccc(C(=O)N(CCN(C)C)c2nc3ccc(C)cc3s2)n1. The van der Waals surface area contributed by atoms with Gasteiger partial charge in [0.05, 0.1) is 10.2 Å². The van der Waals surface area contributed by atoms with Gasteiger partial charge in [-0.25, -0.2) is 4.98 Å². The van der Waals surface area contributed by atoms with Crippen molar-refractivity contribution in [3.63, 3.8) is 0 Å². The minimum atomic E-state index is -0.107. The van der Waals surface area contributed by atoms with Crippen molar-refractivity contribution >= 4 is 32.6 Å². The second kappa shape index (κ2) is 7.33. The van der Waals surface area contributed by atoms with Crippen molar-refractivity contribution in [3.8, 4) is 0 Å². The molecule has 6 nitrogen and oxygen atoms in total. The minimum absolute atomic E-state index is 0.107. The number of rotatable bonds is 6.